The zero-order valence-electron chi connectivity index (χ0n) is 10.3. The van der Waals surface area contributed by atoms with E-state index in [1.807, 2.05) is 0 Å². The summed E-state index contributed by atoms with van der Waals surface area (Å²) >= 11 is 0. The molecule has 86 valence electrons. The molecule has 1 N–H and O–H groups in total. The fraction of sp³-hybridized carbons (Fsp3) is 0.923. The first-order valence-corrected chi connectivity index (χ1v) is 6.30. The van der Waals surface area contributed by atoms with Crippen molar-refractivity contribution in [2.75, 3.05) is 0 Å². The summed E-state index contributed by atoms with van der Waals surface area (Å²) < 4.78 is 0. The maximum Gasteiger partial charge on any atom is 0.0672 e. The maximum absolute atomic E-state index is 9.15. The van der Waals surface area contributed by atoms with Crippen molar-refractivity contribution in [2.45, 2.75) is 65.0 Å². The zero-order chi connectivity index (χ0) is 11.3. The molecule has 2 nitrogen and oxygen atoms in total. The predicted molar refractivity (Wildman–Crippen MR) is 63.4 cm³/mol. The molecular weight excluding hydrogens is 184 g/mol. The van der Waals surface area contributed by atoms with Crippen LogP contribution in [0.5, 0.6) is 0 Å². The molecule has 1 aliphatic carbocycles. The van der Waals surface area contributed by atoms with E-state index in [4.69, 9.17) is 5.26 Å². The van der Waals surface area contributed by atoms with E-state index in [0.717, 1.165) is 6.42 Å². The topological polar surface area (TPSA) is 35.8 Å². The fourth-order valence-electron chi connectivity index (χ4n) is 2.19. The highest BCUT2D eigenvalue weighted by Gasteiger charge is 2.25. The molecule has 3 atom stereocenters. The van der Waals surface area contributed by atoms with Gasteiger partial charge < -0.3 is 5.32 Å². The van der Waals surface area contributed by atoms with Crippen molar-refractivity contribution in [3.05, 3.63) is 0 Å². The second-order valence-corrected chi connectivity index (χ2v) is 5.18. The van der Waals surface area contributed by atoms with Crippen molar-refractivity contribution < 1.29 is 0 Å². The first-order chi connectivity index (χ1) is 7.15. The molecule has 0 aromatic heterocycles. The second kappa shape index (κ2) is 6.12. The number of nitrogens with one attached hydrogen (secondary N) is 1. The molecule has 1 rings (SSSR count). The van der Waals surface area contributed by atoms with Gasteiger partial charge in [0.2, 0.25) is 0 Å². The van der Waals surface area contributed by atoms with Crippen LogP contribution in [-0.4, -0.2) is 12.1 Å². The van der Waals surface area contributed by atoms with Gasteiger partial charge in [-0.2, -0.15) is 5.26 Å². The number of hydrogen-bond donors (Lipinski definition) is 1. The fourth-order valence-corrected chi connectivity index (χ4v) is 2.19. The van der Waals surface area contributed by atoms with Crippen LogP contribution in [0, 0.1) is 23.2 Å². The Labute approximate surface area is 94.1 Å². The van der Waals surface area contributed by atoms with Crippen LogP contribution < -0.4 is 5.32 Å². The Hall–Kier alpha value is -0.550. The predicted octanol–water partition coefficient (Wildman–Crippen LogP) is 3.09. The largest absolute Gasteiger partial charge is 0.310 e. The van der Waals surface area contributed by atoms with Crippen LogP contribution >= 0.6 is 0 Å². The van der Waals surface area contributed by atoms with Crippen LogP contribution in [0.4, 0.5) is 0 Å². The monoisotopic (exact) mass is 208 g/mol. The lowest BCUT2D eigenvalue weighted by atomic mass is 9.94. The summed E-state index contributed by atoms with van der Waals surface area (Å²) in [5.41, 5.74) is 0. The smallest absolute Gasteiger partial charge is 0.0672 e. The minimum Gasteiger partial charge on any atom is -0.310 e. The Morgan fingerprint density at radius 3 is 2.40 bits per heavy atom. The minimum atomic E-state index is 0.230. The SMILES string of the molecule is CC(C)C(C)NC1CCCCCC1C#N. The third-order valence-corrected chi connectivity index (χ3v) is 3.66. The molecule has 0 spiro atoms. The highest BCUT2D eigenvalue weighted by Crippen LogP contribution is 2.23. The molecule has 0 aromatic carbocycles. The van der Waals surface area contributed by atoms with Crippen molar-refractivity contribution in [1.29, 1.82) is 5.26 Å². The second-order valence-electron chi connectivity index (χ2n) is 5.18. The molecule has 0 amide bonds. The average Bonchev–Trinajstić information content (AvgIpc) is 2.42. The van der Waals surface area contributed by atoms with Gasteiger partial charge in [0.15, 0.2) is 0 Å². The molecular formula is C13H24N2. The van der Waals surface area contributed by atoms with Gasteiger partial charge in [-0.25, -0.2) is 0 Å². The molecule has 0 aliphatic heterocycles. The number of nitriles is 1. The van der Waals surface area contributed by atoms with Crippen LogP contribution in [0.1, 0.15) is 52.9 Å². The molecule has 0 bridgehead atoms. The molecule has 1 saturated carbocycles. The average molecular weight is 208 g/mol. The highest BCUT2D eigenvalue weighted by molar-refractivity contribution is 4.94. The lowest BCUT2D eigenvalue weighted by Gasteiger charge is -2.27. The van der Waals surface area contributed by atoms with Gasteiger partial charge in [-0.15, -0.1) is 0 Å². The molecule has 1 fully saturated rings. The lowest BCUT2D eigenvalue weighted by molar-refractivity contribution is 0.316. The van der Waals surface area contributed by atoms with E-state index in [-0.39, 0.29) is 5.92 Å². The van der Waals surface area contributed by atoms with Gasteiger partial charge >= 0.3 is 0 Å². The van der Waals surface area contributed by atoms with Gasteiger partial charge in [0.1, 0.15) is 0 Å². The van der Waals surface area contributed by atoms with Gasteiger partial charge in [-0.05, 0) is 25.7 Å². The summed E-state index contributed by atoms with van der Waals surface area (Å²) in [7, 11) is 0. The zero-order valence-corrected chi connectivity index (χ0v) is 10.3. The third kappa shape index (κ3) is 3.83. The van der Waals surface area contributed by atoms with Crippen LogP contribution in [0.3, 0.4) is 0 Å². The van der Waals surface area contributed by atoms with Crippen LogP contribution in [0.2, 0.25) is 0 Å². The summed E-state index contributed by atoms with van der Waals surface area (Å²) in [6, 6.07) is 3.42. The van der Waals surface area contributed by atoms with Gasteiger partial charge in [0.25, 0.3) is 0 Å². The van der Waals surface area contributed by atoms with Crippen molar-refractivity contribution in [2.24, 2.45) is 11.8 Å². The first-order valence-electron chi connectivity index (χ1n) is 6.30. The van der Waals surface area contributed by atoms with Crippen LogP contribution in [0.25, 0.3) is 0 Å². The summed E-state index contributed by atoms with van der Waals surface area (Å²) in [6.07, 6.45) is 6.06. The maximum atomic E-state index is 9.15. The van der Waals surface area contributed by atoms with Crippen LogP contribution in [0.15, 0.2) is 0 Å². The summed E-state index contributed by atoms with van der Waals surface area (Å²) in [4.78, 5) is 0. The van der Waals surface area contributed by atoms with E-state index in [1.54, 1.807) is 0 Å². The number of hydrogen-bond acceptors (Lipinski definition) is 2. The molecule has 0 radical (unpaired) electrons. The van der Waals surface area contributed by atoms with E-state index < -0.39 is 0 Å². The van der Waals surface area contributed by atoms with Gasteiger partial charge in [0, 0.05) is 12.1 Å². The quantitative estimate of drug-likeness (QED) is 0.723. The first kappa shape index (κ1) is 12.5. The van der Waals surface area contributed by atoms with Crippen molar-refractivity contribution in [3.8, 4) is 6.07 Å². The van der Waals surface area contributed by atoms with E-state index in [9.17, 15) is 0 Å². The third-order valence-electron chi connectivity index (χ3n) is 3.66. The molecule has 1 aliphatic rings. The Morgan fingerprint density at radius 2 is 1.80 bits per heavy atom. The number of nitrogens with zero attached hydrogens (tertiary/aromatic N) is 1. The number of rotatable bonds is 3. The molecule has 15 heavy (non-hydrogen) atoms. The van der Waals surface area contributed by atoms with Crippen molar-refractivity contribution in [3.63, 3.8) is 0 Å². The summed E-state index contributed by atoms with van der Waals surface area (Å²) in [6.45, 7) is 6.69. The molecule has 0 aromatic rings. The highest BCUT2D eigenvalue weighted by atomic mass is 15.0. The van der Waals surface area contributed by atoms with E-state index >= 15 is 0 Å². The van der Waals surface area contributed by atoms with E-state index in [0.29, 0.717) is 18.0 Å². The van der Waals surface area contributed by atoms with Gasteiger partial charge in [0.05, 0.1) is 12.0 Å². The van der Waals surface area contributed by atoms with Gasteiger partial charge in [-0.3, -0.25) is 0 Å². The Bertz CT molecular complexity index is 217. The van der Waals surface area contributed by atoms with E-state index in [2.05, 4.69) is 32.2 Å². The molecule has 0 heterocycles. The standard InChI is InChI=1S/C13H24N2/c1-10(2)11(3)15-13-8-6-4-5-7-12(13)9-14/h10-13,15H,4-8H2,1-3H3. The summed E-state index contributed by atoms with van der Waals surface area (Å²) in [5, 5.41) is 12.8. The Balaban J connectivity index is 2.52. The van der Waals surface area contributed by atoms with Crippen molar-refractivity contribution >= 4 is 0 Å². The van der Waals surface area contributed by atoms with Crippen molar-refractivity contribution in [1.82, 2.24) is 5.32 Å². The molecule has 2 heteroatoms. The lowest BCUT2D eigenvalue weighted by Crippen LogP contribution is -2.43. The minimum absolute atomic E-state index is 0.230. The molecule has 0 saturated heterocycles. The summed E-state index contributed by atoms with van der Waals surface area (Å²) in [5.74, 6) is 0.876. The van der Waals surface area contributed by atoms with Gasteiger partial charge in [-0.1, -0.05) is 33.1 Å². The normalized spacial score (nSPS) is 29.5. The van der Waals surface area contributed by atoms with Crippen LogP contribution in [-0.2, 0) is 0 Å². The molecule has 3 unspecified atom stereocenters. The Kier molecular flexibility index (Phi) is 5.11. The Morgan fingerprint density at radius 1 is 1.13 bits per heavy atom. The van der Waals surface area contributed by atoms with E-state index in [1.165, 1.54) is 25.7 Å².